The summed E-state index contributed by atoms with van der Waals surface area (Å²) in [6.45, 7) is 4.33. The minimum atomic E-state index is 0.752. The highest BCUT2D eigenvalue weighted by molar-refractivity contribution is 9.10. The van der Waals surface area contributed by atoms with Crippen LogP contribution in [0.5, 0.6) is 0 Å². The third-order valence-corrected chi connectivity index (χ3v) is 3.94. The van der Waals surface area contributed by atoms with Crippen molar-refractivity contribution in [1.82, 2.24) is 5.32 Å². The van der Waals surface area contributed by atoms with Crippen LogP contribution in [0.2, 0.25) is 0 Å². The molecule has 0 saturated heterocycles. The average molecular weight is 288 g/mol. The van der Waals surface area contributed by atoms with Gasteiger partial charge in [0.05, 0.1) is 0 Å². The molecule has 15 heavy (non-hydrogen) atoms. The lowest BCUT2D eigenvalue weighted by Gasteiger charge is -2.09. The Morgan fingerprint density at radius 3 is 2.60 bits per heavy atom. The first-order valence-electron chi connectivity index (χ1n) is 5.20. The van der Waals surface area contributed by atoms with Gasteiger partial charge in [-0.2, -0.15) is 11.8 Å². The zero-order chi connectivity index (χ0) is 11.1. The van der Waals surface area contributed by atoms with Crippen LogP contribution in [0.25, 0.3) is 0 Å². The third-order valence-electron chi connectivity index (χ3n) is 2.37. The van der Waals surface area contributed by atoms with Crippen molar-refractivity contribution in [3.63, 3.8) is 0 Å². The summed E-state index contributed by atoms with van der Waals surface area (Å²) in [7, 11) is 0. The quantitative estimate of drug-likeness (QED) is 0.801. The van der Waals surface area contributed by atoms with E-state index >= 15 is 0 Å². The van der Waals surface area contributed by atoms with Gasteiger partial charge in [-0.05, 0) is 36.9 Å². The van der Waals surface area contributed by atoms with E-state index in [1.54, 1.807) is 0 Å². The summed E-state index contributed by atoms with van der Waals surface area (Å²) in [6, 6.07) is 8.47. The van der Waals surface area contributed by atoms with Gasteiger partial charge in [-0.15, -0.1) is 0 Å². The summed E-state index contributed by atoms with van der Waals surface area (Å²) in [5.74, 6) is 0. The predicted octanol–water partition coefficient (Wildman–Crippen LogP) is 3.68. The molecule has 1 unspecified atom stereocenters. The molecule has 0 fully saturated rings. The molecular formula is C12H18BrNS. The maximum Gasteiger partial charge on any atom is 0.0205 e. The molecule has 0 saturated carbocycles. The van der Waals surface area contributed by atoms with Gasteiger partial charge in [-0.25, -0.2) is 0 Å². The second-order valence-corrected chi connectivity index (χ2v) is 5.83. The van der Waals surface area contributed by atoms with Crippen LogP contribution >= 0.6 is 27.7 Å². The molecule has 1 aromatic rings. The molecule has 0 aliphatic rings. The molecule has 0 spiro atoms. The first-order chi connectivity index (χ1) is 7.22. The molecule has 1 rings (SSSR count). The first kappa shape index (κ1) is 13.1. The lowest BCUT2D eigenvalue weighted by atomic mass is 10.2. The molecule has 0 aromatic heterocycles. The number of rotatable bonds is 6. The molecule has 0 aliphatic heterocycles. The Morgan fingerprint density at radius 2 is 2.00 bits per heavy atom. The second kappa shape index (κ2) is 7.31. The summed E-state index contributed by atoms with van der Waals surface area (Å²) in [5.41, 5.74) is 1.34. The van der Waals surface area contributed by atoms with Gasteiger partial charge in [0.15, 0.2) is 0 Å². The van der Waals surface area contributed by atoms with Crippen LogP contribution in [0.15, 0.2) is 28.7 Å². The normalized spacial score (nSPS) is 12.7. The maximum absolute atomic E-state index is 3.46. The Hall–Kier alpha value is 0.01000. The molecule has 0 heterocycles. The number of nitrogens with one attached hydrogen (secondary N) is 1. The largest absolute Gasteiger partial charge is 0.313 e. The monoisotopic (exact) mass is 287 g/mol. The Kier molecular flexibility index (Phi) is 6.37. The number of halogens is 1. The maximum atomic E-state index is 3.46. The van der Waals surface area contributed by atoms with Crippen LogP contribution in [-0.2, 0) is 6.54 Å². The van der Waals surface area contributed by atoms with Crippen LogP contribution in [0, 0.1) is 0 Å². The average Bonchev–Trinajstić information content (AvgIpc) is 2.26. The standard InChI is InChI=1S/C12H18BrNS/c1-10(15-2)7-8-14-9-11-3-5-12(13)6-4-11/h3-6,10,14H,7-9H2,1-2H3. The van der Waals surface area contributed by atoms with Gasteiger partial charge in [0.25, 0.3) is 0 Å². The summed E-state index contributed by atoms with van der Waals surface area (Å²) in [5, 5.41) is 4.21. The molecule has 0 amide bonds. The topological polar surface area (TPSA) is 12.0 Å². The van der Waals surface area contributed by atoms with E-state index in [-0.39, 0.29) is 0 Å². The Labute approximate surface area is 105 Å². The molecule has 1 N–H and O–H groups in total. The van der Waals surface area contributed by atoms with Crippen LogP contribution in [0.3, 0.4) is 0 Å². The van der Waals surface area contributed by atoms with E-state index in [1.165, 1.54) is 12.0 Å². The molecule has 0 aliphatic carbocycles. The third kappa shape index (κ3) is 5.59. The lowest BCUT2D eigenvalue weighted by Crippen LogP contribution is -2.17. The highest BCUT2D eigenvalue weighted by Crippen LogP contribution is 2.11. The molecular weight excluding hydrogens is 270 g/mol. The summed E-state index contributed by atoms with van der Waals surface area (Å²) in [4.78, 5) is 0. The Bertz CT molecular complexity index is 273. The van der Waals surface area contributed by atoms with E-state index in [1.807, 2.05) is 11.8 Å². The molecule has 1 aromatic carbocycles. The van der Waals surface area contributed by atoms with Gasteiger partial charge < -0.3 is 5.32 Å². The fourth-order valence-electron chi connectivity index (χ4n) is 1.26. The van der Waals surface area contributed by atoms with Crippen molar-refractivity contribution in [2.45, 2.75) is 25.1 Å². The van der Waals surface area contributed by atoms with E-state index in [0.29, 0.717) is 0 Å². The molecule has 1 atom stereocenters. The van der Waals surface area contributed by atoms with Gasteiger partial charge in [0, 0.05) is 16.3 Å². The summed E-state index contributed by atoms with van der Waals surface area (Å²) in [6.07, 6.45) is 3.40. The first-order valence-corrected chi connectivity index (χ1v) is 7.28. The SMILES string of the molecule is CSC(C)CCNCc1ccc(Br)cc1. The van der Waals surface area contributed by atoms with Crippen molar-refractivity contribution < 1.29 is 0 Å². The van der Waals surface area contributed by atoms with E-state index < -0.39 is 0 Å². The molecule has 1 nitrogen and oxygen atoms in total. The number of thioether (sulfide) groups is 1. The van der Waals surface area contributed by atoms with Crippen molar-refractivity contribution >= 4 is 27.7 Å². The molecule has 0 radical (unpaired) electrons. The van der Waals surface area contributed by atoms with Crippen molar-refractivity contribution in [2.24, 2.45) is 0 Å². The number of benzene rings is 1. The van der Waals surface area contributed by atoms with Gasteiger partial charge in [0.2, 0.25) is 0 Å². The summed E-state index contributed by atoms with van der Waals surface area (Å²) >= 11 is 5.36. The Morgan fingerprint density at radius 1 is 1.33 bits per heavy atom. The van der Waals surface area contributed by atoms with Crippen LogP contribution < -0.4 is 5.32 Å². The highest BCUT2D eigenvalue weighted by atomic mass is 79.9. The van der Waals surface area contributed by atoms with Crippen molar-refractivity contribution in [3.8, 4) is 0 Å². The zero-order valence-electron chi connectivity index (χ0n) is 9.29. The minimum absolute atomic E-state index is 0.752. The van der Waals surface area contributed by atoms with Crippen molar-refractivity contribution in [3.05, 3.63) is 34.3 Å². The second-order valence-electron chi connectivity index (χ2n) is 3.64. The highest BCUT2D eigenvalue weighted by Gasteiger charge is 1.98. The number of hydrogen-bond donors (Lipinski definition) is 1. The van der Waals surface area contributed by atoms with Crippen molar-refractivity contribution in [1.29, 1.82) is 0 Å². The molecule has 84 valence electrons. The van der Waals surface area contributed by atoms with Gasteiger partial charge >= 0.3 is 0 Å². The smallest absolute Gasteiger partial charge is 0.0205 e. The van der Waals surface area contributed by atoms with E-state index in [2.05, 4.69) is 58.7 Å². The van der Waals surface area contributed by atoms with Gasteiger partial charge in [-0.3, -0.25) is 0 Å². The predicted molar refractivity (Wildman–Crippen MR) is 73.4 cm³/mol. The fraction of sp³-hybridized carbons (Fsp3) is 0.500. The summed E-state index contributed by atoms with van der Waals surface area (Å²) < 4.78 is 1.14. The van der Waals surface area contributed by atoms with Gasteiger partial charge in [-0.1, -0.05) is 35.0 Å². The number of hydrogen-bond acceptors (Lipinski definition) is 2. The minimum Gasteiger partial charge on any atom is -0.313 e. The molecule has 0 bridgehead atoms. The zero-order valence-corrected chi connectivity index (χ0v) is 11.7. The van der Waals surface area contributed by atoms with E-state index in [9.17, 15) is 0 Å². The van der Waals surface area contributed by atoms with Crippen LogP contribution in [-0.4, -0.2) is 18.1 Å². The molecule has 3 heteroatoms. The van der Waals surface area contributed by atoms with E-state index in [0.717, 1.165) is 22.8 Å². The van der Waals surface area contributed by atoms with E-state index in [4.69, 9.17) is 0 Å². The van der Waals surface area contributed by atoms with Crippen LogP contribution in [0.1, 0.15) is 18.9 Å². The fourth-order valence-corrected chi connectivity index (χ4v) is 1.88. The Balaban J connectivity index is 2.17. The van der Waals surface area contributed by atoms with Gasteiger partial charge in [0.1, 0.15) is 0 Å². The lowest BCUT2D eigenvalue weighted by molar-refractivity contribution is 0.648. The van der Waals surface area contributed by atoms with Crippen LogP contribution in [0.4, 0.5) is 0 Å². The van der Waals surface area contributed by atoms with Crippen molar-refractivity contribution in [2.75, 3.05) is 12.8 Å².